The van der Waals surface area contributed by atoms with Crippen LogP contribution in [0.25, 0.3) is 10.9 Å². The SMILES string of the molecule is COc1ccc(C(N)=O)cc1NC(=O)CCn1cnc2c(C)cccc2c1=O. The minimum absolute atomic E-state index is 0.0445. The molecule has 28 heavy (non-hydrogen) atoms. The summed E-state index contributed by atoms with van der Waals surface area (Å²) in [5, 5.41) is 3.20. The molecule has 0 spiro atoms. The summed E-state index contributed by atoms with van der Waals surface area (Å²) in [6, 6.07) is 9.92. The average molecular weight is 380 g/mol. The van der Waals surface area contributed by atoms with Crippen LogP contribution in [0.1, 0.15) is 22.3 Å². The van der Waals surface area contributed by atoms with Gasteiger partial charge in [-0.3, -0.25) is 19.0 Å². The lowest BCUT2D eigenvalue weighted by molar-refractivity contribution is -0.116. The maximum absolute atomic E-state index is 12.6. The van der Waals surface area contributed by atoms with Crippen molar-refractivity contribution in [2.75, 3.05) is 12.4 Å². The second-order valence-electron chi connectivity index (χ2n) is 6.29. The molecule has 3 N–H and O–H groups in total. The van der Waals surface area contributed by atoms with Gasteiger partial charge in [0, 0.05) is 18.5 Å². The molecule has 144 valence electrons. The van der Waals surface area contributed by atoms with Gasteiger partial charge in [-0.05, 0) is 36.8 Å². The maximum atomic E-state index is 12.6. The lowest BCUT2D eigenvalue weighted by Gasteiger charge is -2.12. The third kappa shape index (κ3) is 3.85. The summed E-state index contributed by atoms with van der Waals surface area (Å²) < 4.78 is 6.59. The Bertz CT molecular complexity index is 1120. The predicted molar refractivity (Wildman–Crippen MR) is 105 cm³/mol. The van der Waals surface area contributed by atoms with Gasteiger partial charge in [0.25, 0.3) is 5.56 Å². The van der Waals surface area contributed by atoms with E-state index in [0.717, 1.165) is 5.56 Å². The Hall–Kier alpha value is -3.68. The van der Waals surface area contributed by atoms with Crippen molar-refractivity contribution in [3.05, 3.63) is 64.2 Å². The first-order valence-electron chi connectivity index (χ1n) is 8.63. The van der Waals surface area contributed by atoms with E-state index in [4.69, 9.17) is 10.5 Å². The van der Waals surface area contributed by atoms with E-state index >= 15 is 0 Å². The molecular formula is C20H20N4O4. The van der Waals surface area contributed by atoms with Crippen molar-refractivity contribution in [2.24, 2.45) is 5.73 Å². The highest BCUT2D eigenvalue weighted by molar-refractivity contribution is 5.97. The van der Waals surface area contributed by atoms with Crippen molar-refractivity contribution in [2.45, 2.75) is 19.9 Å². The molecule has 0 atom stereocenters. The van der Waals surface area contributed by atoms with Crippen LogP contribution < -0.4 is 21.3 Å². The van der Waals surface area contributed by atoms with E-state index in [1.807, 2.05) is 13.0 Å². The number of fused-ring (bicyclic) bond motifs is 1. The first-order valence-corrected chi connectivity index (χ1v) is 8.63. The highest BCUT2D eigenvalue weighted by Gasteiger charge is 2.12. The quantitative estimate of drug-likeness (QED) is 0.677. The molecule has 0 aliphatic heterocycles. The molecule has 1 heterocycles. The number of carbonyl (C=O) groups is 2. The Morgan fingerprint density at radius 3 is 2.75 bits per heavy atom. The van der Waals surface area contributed by atoms with Crippen molar-refractivity contribution in [3.8, 4) is 5.75 Å². The Kier molecular flexibility index (Phi) is 5.39. The van der Waals surface area contributed by atoms with Crippen molar-refractivity contribution in [1.82, 2.24) is 9.55 Å². The van der Waals surface area contributed by atoms with Crippen LogP contribution in [-0.2, 0) is 11.3 Å². The second kappa shape index (κ2) is 7.91. The molecule has 0 unspecified atom stereocenters. The molecule has 0 saturated heterocycles. The fourth-order valence-corrected chi connectivity index (χ4v) is 2.89. The summed E-state index contributed by atoms with van der Waals surface area (Å²) in [5.74, 6) is -0.545. The number of rotatable bonds is 6. The molecule has 0 bridgehead atoms. The highest BCUT2D eigenvalue weighted by Crippen LogP contribution is 2.25. The number of aromatic nitrogens is 2. The van der Waals surface area contributed by atoms with Gasteiger partial charge in [-0.1, -0.05) is 12.1 Å². The third-order valence-corrected chi connectivity index (χ3v) is 4.39. The Morgan fingerprint density at radius 1 is 1.25 bits per heavy atom. The molecule has 0 saturated carbocycles. The Balaban J connectivity index is 1.76. The molecule has 0 radical (unpaired) electrons. The summed E-state index contributed by atoms with van der Waals surface area (Å²) in [6.45, 7) is 2.06. The van der Waals surface area contributed by atoms with Gasteiger partial charge in [0.15, 0.2) is 0 Å². The number of ether oxygens (including phenoxy) is 1. The largest absolute Gasteiger partial charge is 0.495 e. The number of aryl methyl sites for hydroxylation is 2. The van der Waals surface area contributed by atoms with Gasteiger partial charge < -0.3 is 15.8 Å². The monoisotopic (exact) mass is 380 g/mol. The van der Waals surface area contributed by atoms with Gasteiger partial charge in [-0.2, -0.15) is 0 Å². The molecule has 8 heteroatoms. The van der Waals surface area contributed by atoms with Gasteiger partial charge in [0.2, 0.25) is 11.8 Å². The van der Waals surface area contributed by atoms with E-state index in [2.05, 4.69) is 10.3 Å². The summed E-state index contributed by atoms with van der Waals surface area (Å²) in [6.07, 6.45) is 1.49. The number of para-hydroxylation sites is 1. The van der Waals surface area contributed by atoms with E-state index < -0.39 is 5.91 Å². The molecule has 0 fully saturated rings. The Morgan fingerprint density at radius 2 is 2.04 bits per heavy atom. The van der Waals surface area contributed by atoms with E-state index in [1.54, 1.807) is 18.2 Å². The van der Waals surface area contributed by atoms with Crippen LogP contribution in [0.3, 0.4) is 0 Å². The standard InChI is InChI=1S/C20H20N4O4/c1-12-4-3-5-14-18(12)22-11-24(20(14)27)9-8-17(25)23-15-10-13(19(21)26)6-7-16(15)28-2/h3-7,10-11H,8-9H2,1-2H3,(H2,21,26)(H,23,25). The van der Waals surface area contributed by atoms with Crippen LogP contribution in [-0.4, -0.2) is 28.5 Å². The lowest BCUT2D eigenvalue weighted by atomic mass is 10.1. The minimum Gasteiger partial charge on any atom is -0.495 e. The molecule has 2 aromatic carbocycles. The Labute approximate surface area is 160 Å². The molecule has 8 nitrogen and oxygen atoms in total. The highest BCUT2D eigenvalue weighted by atomic mass is 16.5. The first-order chi connectivity index (χ1) is 13.4. The number of benzene rings is 2. The summed E-state index contributed by atoms with van der Waals surface area (Å²) in [7, 11) is 1.46. The second-order valence-corrected chi connectivity index (χ2v) is 6.29. The predicted octanol–water partition coefficient (Wildman–Crippen LogP) is 1.84. The third-order valence-electron chi connectivity index (χ3n) is 4.39. The number of hydrogen-bond acceptors (Lipinski definition) is 5. The molecule has 1 aromatic heterocycles. The maximum Gasteiger partial charge on any atom is 0.261 e. The van der Waals surface area contributed by atoms with Crippen molar-refractivity contribution in [1.29, 1.82) is 0 Å². The fraction of sp³-hybridized carbons (Fsp3) is 0.200. The first kappa shape index (κ1) is 19.1. The number of nitrogens with zero attached hydrogens (tertiary/aromatic N) is 2. The normalized spacial score (nSPS) is 10.6. The minimum atomic E-state index is -0.609. The van der Waals surface area contributed by atoms with Crippen LogP contribution >= 0.6 is 0 Å². The van der Waals surface area contributed by atoms with E-state index in [9.17, 15) is 14.4 Å². The van der Waals surface area contributed by atoms with Crippen molar-refractivity contribution >= 4 is 28.4 Å². The smallest absolute Gasteiger partial charge is 0.261 e. The summed E-state index contributed by atoms with van der Waals surface area (Å²) in [5.41, 5.74) is 7.23. The zero-order chi connectivity index (χ0) is 20.3. The summed E-state index contributed by atoms with van der Waals surface area (Å²) in [4.78, 5) is 40.6. The molecular weight excluding hydrogens is 360 g/mol. The lowest BCUT2D eigenvalue weighted by Crippen LogP contribution is -2.24. The molecule has 3 rings (SSSR count). The number of primary amides is 1. The summed E-state index contributed by atoms with van der Waals surface area (Å²) >= 11 is 0. The number of anilines is 1. The number of carbonyl (C=O) groups excluding carboxylic acids is 2. The van der Waals surface area contributed by atoms with Gasteiger partial charge >= 0.3 is 0 Å². The zero-order valence-electron chi connectivity index (χ0n) is 15.6. The number of amides is 2. The fourth-order valence-electron chi connectivity index (χ4n) is 2.89. The van der Waals surface area contributed by atoms with Crippen molar-refractivity contribution < 1.29 is 14.3 Å². The molecule has 0 aliphatic carbocycles. The molecule has 0 aliphatic rings. The number of methoxy groups -OCH3 is 1. The van der Waals surface area contributed by atoms with Crippen LogP contribution in [0.5, 0.6) is 5.75 Å². The van der Waals surface area contributed by atoms with Crippen molar-refractivity contribution in [3.63, 3.8) is 0 Å². The van der Waals surface area contributed by atoms with Gasteiger partial charge in [0.05, 0.1) is 30.0 Å². The van der Waals surface area contributed by atoms with E-state index in [1.165, 1.54) is 30.1 Å². The van der Waals surface area contributed by atoms with Crippen LogP contribution in [0, 0.1) is 6.92 Å². The van der Waals surface area contributed by atoms with E-state index in [-0.39, 0.29) is 30.0 Å². The average Bonchev–Trinajstić information content (AvgIpc) is 2.68. The van der Waals surface area contributed by atoms with Crippen LogP contribution in [0.2, 0.25) is 0 Å². The number of hydrogen-bond donors (Lipinski definition) is 2. The van der Waals surface area contributed by atoms with Crippen LogP contribution in [0.15, 0.2) is 47.5 Å². The molecule has 2 amide bonds. The number of nitrogens with two attached hydrogens (primary N) is 1. The molecule has 3 aromatic rings. The zero-order valence-corrected chi connectivity index (χ0v) is 15.6. The van der Waals surface area contributed by atoms with Crippen LogP contribution in [0.4, 0.5) is 5.69 Å². The van der Waals surface area contributed by atoms with Gasteiger partial charge in [0.1, 0.15) is 5.75 Å². The van der Waals surface area contributed by atoms with E-state index in [0.29, 0.717) is 22.3 Å². The topological polar surface area (TPSA) is 116 Å². The number of nitrogens with one attached hydrogen (secondary N) is 1. The van der Waals surface area contributed by atoms with Gasteiger partial charge in [-0.25, -0.2) is 4.98 Å². The van der Waals surface area contributed by atoms with Gasteiger partial charge in [-0.15, -0.1) is 0 Å².